The highest BCUT2D eigenvalue weighted by Gasteiger charge is 2.32. The van der Waals surface area contributed by atoms with Crippen LogP contribution in [0.3, 0.4) is 0 Å². The number of morpholine rings is 1. The number of ether oxygens (including phenoxy) is 1. The summed E-state index contributed by atoms with van der Waals surface area (Å²) in [5, 5.41) is -0.0343. The van der Waals surface area contributed by atoms with E-state index in [-0.39, 0.29) is 23.2 Å². The number of anilines is 1. The maximum absolute atomic E-state index is 12.9. The van der Waals surface area contributed by atoms with Crippen LogP contribution in [0.25, 0.3) is 0 Å². The van der Waals surface area contributed by atoms with Crippen molar-refractivity contribution in [2.24, 2.45) is 0 Å². The van der Waals surface area contributed by atoms with Gasteiger partial charge >= 0.3 is 6.18 Å². The molecular formula is C15H16ClF3N2O3. The fourth-order valence-electron chi connectivity index (χ4n) is 2.31. The Bertz CT molecular complexity index is 631. The first kappa shape index (κ1) is 18.5. The Kier molecular flexibility index (Phi) is 5.71. The highest BCUT2D eigenvalue weighted by Crippen LogP contribution is 2.35. The second kappa shape index (κ2) is 7.40. The number of alkyl halides is 3. The van der Waals surface area contributed by atoms with Crippen molar-refractivity contribution < 1.29 is 27.5 Å². The molecule has 1 aromatic carbocycles. The van der Waals surface area contributed by atoms with E-state index in [0.717, 1.165) is 23.1 Å². The minimum atomic E-state index is -4.57. The van der Waals surface area contributed by atoms with Gasteiger partial charge in [0.25, 0.3) is 0 Å². The Morgan fingerprint density at radius 2 is 1.92 bits per heavy atom. The van der Waals surface area contributed by atoms with Gasteiger partial charge in [0, 0.05) is 20.0 Å². The molecule has 0 N–H and O–H groups in total. The number of hydrogen-bond donors (Lipinski definition) is 0. The fraction of sp³-hybridized carbons (Fsp3) is 0.467. The van der Waals surface area contributed by atoms with Crippen molar-refractivity contribution in [1.82, 2.24) is 4.90 Å². The van der Waals surface area contributed by atoms with Crippen molar-refractivity contribution in [2.75, 3.05) is 37.7 Å². The maximum Gasteiger partial charge on any atom is 0.416 e. The van der Waals surface area contributed by atoms with Gasteiger partial charge in [-0.15, -0.1) is 0 Å². The number of amides is 2. The van der Waals surface area contributed by atoms with E-state index in [1.807, 2.05) is 0 Å². The number of carbonyl (C=O) groups excluding carboxylic acids is 2. The fourth-order valence-corrected chi connectivity index (χ4v) is 2.53. The van der Waals surface area contributed by atoms with Gasteiger partial charge in [-0.3, -0.25) is 9.59 Å². The zero-order valence-electron chi connectivity index (χ0n) is 12.9. The summed E-state index contributed by atoms with van der Waals surface area (Å²) < 4.78 is 43.8. The monoisotopic (exact) mass is 364 g/mol. The molecule has 1 heterocycles. The molecule has 0 spiro atoms. The van der Waals surface area contributed by atoms with E-state index in [1.54, 1.807) is 0 Å². The number of hydrogen-bond acceptors (Lipinski definition) is 3. The van der Waals surface area contributed by atoms with Crippen LogP contribution in [0.1, 0.15) is 12.5 Å². The number of nitrogens with zero attached hydrogens (tertiary/aromatic N) is 2. The highest BCUT2D eigenvalue weighted by molar-refractivity contribution is 6.34. The summed E-state index contributed by atoms with van der Waals surface area (Å²) in [4.78, 5) is 26.6. The molecule has 0 unspecified atom stereocenters. The first-order chi connectivity index (χ1) is 11.2. The molecule has 0 bridgehead atoms. The highest BCUT2D eigenvalue weighted by atomic mass is 35.5. The third-order valence-corrected chi connectivity index (χ3v) is 3.92. The lowest BCUT2D eigenvalue weighted by molar-refractivity contribution is -0.137. The average Bonchev–Trinajstić information content (AvgIpc) is 2.52. The first-order valence-electron chi connectivity index (χ1n) is 7.20. The Hall–Kier alpha value is -1.80. The maximum atomic E-state index is 12.9. The largest absolute Gasteiger partial charge is 0.416 e. The summed E-state index contributed by atoms with van der Waals surface area (Å²) in [6, 6.07) is 2.67. The van der Waals surface area contributed by atoms with Gasteiger partial charge < -0.3 is 14.5 Å². The summed E-state index contributed by atoms with van der Waals surface area (Å²) in [5.41, 5.74) is -1.08. The van der Waals surface area contributed by atoms with E-state index >= 15 is 0 Å². The van der Waals surface area contributed by atoms with E-state index in [0.29, 0.717) is 26.3 Å². The van der Waals surface area contributed by atoms with E-state index in [2.05, 4.69) is 0 Å². The smallest absolute Gasteiger partial charge is 0.378 e. The molecule has 2 amide bonds. The summed E-state index contributed by atoms with van der Waals surface area (Å²) >= 11 is 5.95. The Balaban J connectivity index is 2.27. The predicted octanol–water partition coefficient (Wildman–Crippen LogP) is 2.57. The van der Waals surface area contributed by atoms with Crippen molar-refractivity contribution in [1.29, 1.82) is 0 Å². The molecule has 2 rings (SSSR count). The molecule has 1 aliphatic rings. The molecule has 1 aliphatic heterocycles. The Morgan fingerprint density at radius 1 is 1.29 bits per heavy atom. The third kappa shape index (κ3) is 4.39. The van der Waals surface area contributed by atoms with Crippen molar-refractivity contribution in [3.63, 3.8) is 0 Å². The minimum absolute atomic E-state index is 0.0343. The summed E-state index contributed by atoms with van der Waals surface area (Å²) in [5.74, 6) is -0.945. The quantitative estimate of drug-likeness (QED) is 0.828. The summed E-state index contributed by atoms with van der Waals surface area (Å²) in [6.45, 7) is 2.31. The molecule has 0 saturated carbocycles. The lowest BCUT2D eigenvalue weighted by Crippen LogP contribution is -2.47. The molecule has 1 aromatic rings. The Labute approximate surface area is 141 Å². The standard InChI is InChI=1S/C15H16ClF3N2O3/c1-10(22)21(9-14(23)20-4-6-24-7-5-20)13-8-11(15(17,18)19)2-3-12(13)16/h2-3,8H,4-7,9H2,1H3. The van der Waals surface area contributed by atoms with Crippen LogP contribution in [0, 0.1) is 0 Å². The SMILES string of the molecule is CC(=O)N(CC(=O)N1CCOCC1)c1cc(C(F)(F)F)ccc1Cl. The van der Waals surface area contributed by atoms with Crippen LogP contribution in [-0.2, 0) is 20.5 Å². The third-order valence-electron chi connectivity index (χ3n) is 3.60. The van der Waals surface area contributed by atoms with E-state index < -0.39 is 17.6 Å². The van der Waals surface area contributed by atoms with Crippen LogP contribution in [0.5, 0.6) is 0 Å². The molecule has 1 saturated heterocycles. The molecule has 24 heavy (non-hydrogen) atoms. The van der Waals surface area contributed by atoms with Gasteiger partial charge in [-0.25, -0.2) is 0 Å². The molecular weight excluding hydrogens is 349 g/mol. The summed E-state index contributed by atoms with van der Waals surface area (Å²) in [6.07, 6.45) is -4.57. The Morgan fingerprint density at radius 3 is 2.46 bits per heavy atom. The summed E-state index contributed by atoms with van der Waals surface area (Å²) in [7, 11) is 0. The number of halogens is 4. The second-order valence-corrected chi connectivity index (χ2v) is 5.67. The van der Waals surface area contributed by atoms with Crippen molar-refractivity contribution >= 4 is 29.1 Å². The van der Waals surface area contributed by atoms with Crippen LogP contribution < -0.4 is 4.90 Å². The van der Waals surface area contributed by atoms with Gasteiger partial charge in [0.15, 0.2) is 0 Å². The van der Waals surface area contributed by atoms with E-state index in [4.69, 9.17) is 16.3 Å². The molecule has 5 nitrogen and oxygen atoms in total. The molecule has 1 fully saturated rings. The molecule has 9 heteroatoms. The number of carbonyl (C=O) groups is 2. The van der Waals surface area contributed by atoms with Crippen LogP contribution in [0.2, 0.25) is 5.02 Å². The lowest BCUT2D eigenvalue weighted by Gasteiger charge is -2.30. The van der Waals surface area contributed by atoms with Gasteiger partial charge in [-0.2, -0.15) is 13.2 Å². The second-order valence-electron chi connectivity index (χ2n) is 5.26. The molecule has 0 aromatic heterocycles. The topological polar surface area (TPSA) is 49.9 Å². The molecule has 0 aliphatic carbocycles. The van der Waals surface area contributed by atoms with E-state index in [1.165, 1.54) is 11.8 Å². The molecule has 0 atom stereocenters. The predicted molar refractivity (Wildman–Crippen MR) is 81.9 cm³/mol. The zero-order chi connectivity index (χ0) is 17.9. The normalized spacial score (nSPS) is 15.3. The lowest BCUT2D eigenvalue weighted by atomic mass is 10.1. The van der Waals surface area contributed by atoms with Crippen LogP contribution in [0.4, 0.5) is 18.9 Å². The van der Waals surface area contributed by atoms with Crippen molar-refractivity contribution in [3.05, 3.63) is 28.8 Å². The van der Waals surface area contributed by atoms with Gasteiger partial charge in [0.1, 0.15) is 6.54 Å². The van der Waals surface area contributed by atoms with E-state index in [9.17, 15) is 22.8 Å². The minimum Gasteiger partial charge on any atom is -0.378 e. The van der Waals surface area contributed by atoms with Crippen LogP contribution in [0.15, 0.2) is 18.2 Å². The average molecular weight is 365 g/mol. The molecule has 132 valence electrons. The van der Waals surface area contributed by atoms with Gasteiger partial charge in [-0.1, -0.05) is 11.6 Å². The van der Waals surface area contributed by atoms with Gasteiger partial charge in [0.2, 0.25) is 11.8 Å². The first-order valence-corrected chi connectivity index (χ1v) is 7.58. The molecule has 0 radical (unpaired) electrons. The van der Waals surface area contributed by atoms with Crippen LogP contribution in [-0.4, -0.2) is 49.6 Å². The van der Waals surface area contributed by atoms with Crippen LogP contribution >= 0.6 is 11.6 Å². The van der Waals surface area contributed by atoms with Crippen molar-refractivity contribution in [3.8, 4) is 0 Å². The zero-order valence-corrected chi connectivity index (χ0v) is 13.7. The van der Waals surface area contributed by atoms with Gasteiger partial charge in [0.05, 0.1) is 29.5 Å². The number of benzene rings is 1. The number of rotatable bonds is 3. The van der Waals surface area contributed by atoms with Crippen molar-refractivity contribution in [2.45, 2.75) is 13.1 Å². The van der Waals surface area contributed by atoms with Gasteiger partial charge in [-0.05, 0) is 18.2 Å².